The lowest BCUT2D eigenvalue weighted by Crippen LogP contribution is -2.45. The normalized spacial score (nSPS) is 11.8. The molecule has 4 N–H and O–H groups in total. The van der Waals surface area contributed by atoms with E-state index in [1.54, 1.807) is 37.3 Å². The maximum Gasteiger partial charge on any atom is 0.269 e. The average Bonchev–Trinajstić information content (AvgIpc) is 3.15. The van der Waals surface area contributed by atoms with Crippen molar-refractivity contribution in [2.24, 2.45) is 0 Å². The van der Waals surface area contributed by atoms with Gasteiger partial charge in [-0.15, -0.1) is 10.2 Å². The molecule has 1 heterocycles. The second-order valence-corrected chi connectivity index (χ2v) is 9.13. The smallest absolute Gasteiger partial charge is 0.269 e. The number of nitrogens with zero attached hydrogens (tertiary/aromatic N) is 3. The van der Waals surface area contributed by atoms with Gasteiger partial charge in [-0.25, -0.2) is 4.68 Å². The summed E-state index contributed by atoms with van der Waals surface area (Å²) in [5.74, 6) is 6.85. The zero-order valence-corrected chi connectivity index (χ0v) is 19.8. The quantitative estimate of drug-likeness (QED) is 0.264. The summed E-state index contributed by atoms with van der Waals surface area (Å²) in [6.07, 6.45) is 0. The molecule has 10 heteroatoms. The molecule has 9 nitrogen and oxygen atoms in total. The molecule has 0 aliphatic carbocycles. The number of nitrogens with two attached hydrogens (primary N) is 1. The van der Waals surface area contributed by atoms with Crippen LogP contribution in [0.2, 0.25) is 0 Å². The fourth-order valence-electron chi connectivity index (χ4n) is 2.97. The summed E-state index contributed by atoms with van der Waals surface area (Å²) in [6, 6.07) is 14.7. The zero-order valence-electron chi connectivity index (χ0n) is 19.0. The van der Waals surface area contributed by atoms with E-state index < -0.39 is 17.1 Å². The number of carbonyl (C=O) groups excluding carboxylic acids is 2. The highest BCUT2D eigenvalue weighted by atomic mass is 32.2. The van der Waals surface area contributed by atoms with Gasteiger partial charge in [0, 0.05) is 5.56 Å². The number of benzene rings is 2. The van der Waals surface area contributed by atoms with E-state index in [0.717, 1.165) is 28.6 Å². The Bertz CT molecular complexity index is 1120. The molecule has 0 fully saturated rings. The van der Waals surface area contributed by atoms with Crippen LogP contribution in [0.25, 0.3) is 0 Å². The number of rotatable bonds is 8. The van der Waals surface area contributed by atoms with Crippen LogP contribution in [0, 0.1) is 6.92 Å². The number of carbonyl (C=O) groups is 2. The molecule has 1 atom stereocenters. The van der Waals surface area contributed by atoms with Gasteiger partial charge in [0.1, 0.15) is 12.4 Å². The third-order valence-electron chi connectivity index (χ3n) is 4.87. The predicted molar refractivity (Wildman–Crippen MR) is 127 cm³/mol. The van der Waals surface area contributed by atoms with Gasteiger partial charge in [0.15, 0.2) is 5.82 Å². The molecule has 3 aromatic rings. The second kappa shape index (κ2) is 10.9. The van der Waals surface area contributed by atoms with Crippen molar-refractivity contribution in [3.8, 4) is 5.75 Å². The first-order chi connectivity index (χ1) is 15.8. The molecule has 1 unspecified atom stereocenters. The van der Waals surface area contributed by atoms with Crippen LogP contribution in [0.5, 0.6) is 5.75 Å². The van der Waals surface area contributed by atoms with E-state index in [-0.39, 0.29) is 6.61 Å². The first-order valence-electron chi connectivity index (χ1n) is 10.5. The second-order valence-electron chi connectivity index (χ2n) is 7.82. The lowest BCUT2D eigenvalue weighted by atomic mass is 10.0. The topological polar surface area (TPSA) is 124 Å². The molecule has 0 aliphatic rings. The number of ether oxygens (including phenoxy) is 1. The number of aromatic nitrogens is 3. The van der Waals surface area contributed by atoms with E-state index in [4.69, 9.17) is 10.6 Å². The monoisotopic (exact) mass is 468 g/mol. The largest absolute Gasteiger partial charge is 0.485 e. The summed E-state index contributed by atoms with van der Waals surface area (Å²) in [4.78, 5) is 24.4. The molecule has 174 valence electrons. The van der Waals surface area contributed by atoms with Crippen LogP contribution < -0.4 is 21.4 Å². The van der Waals surface area contributed by atoms with Gasteiger partial charge >= 0.3 is 0 Å². The number of hydrogen-bond donors (Lipinski definition) is 3. The van der Waals surface area contributed by atoms with E-state index in [1.165, 1.54) is 4.68 Å². The Morgan fingerprint density at radius 1 is 1.09 bits per heavy atom. The number of nitrogen functional groups attached to an aromatic ring is 1. The molecule has 0 saturated heterocycles. The van der Waals surface area contributed by atoms with Crippen LogP contribution in [0.15, 0.2) is 53.7 Å². The van der Waals surface area contributed by atoms with Crippen molar-refractivity contribution in [1.82, 2.24) is 25.7 Å². The molecule has 0 saturated carbocycles. The Labute approximate surface area is 197 Å². The summed E-state index contributed by atoms with van der Waals surface area (Å²) in [6.45, 7) is 8.03. The molecular weight excluding hydrogens is 440 g/mol. The summed E-state index contributed by atoms with van der Waals surface area (Å²) < 4.78 is 7.29. The van der Waals surface area contributed by atoms with Crippen LogP contribution in [-0.2, 0) is 11.4 Å². The van der Waals surface area contributed by atoms with Crippen LogP contribution in [0.4, 0.5) is 0 Å². The van der Waals surface area contributed by atoms with Crippen LogP contribution in [0.3, 0.4) is 0 Å². The first kappa shape index (κ1) is 24.1. The van der Waals surface area contributed by atoms with Gasteiger partial charge in [-0.05, 0) is 49.1 Å². The van der Waals surface area contributed by atoms with E-state index >= 15 is 0 Å². The fourth-order valence-corrected chi connectivity index (χ4v) is 3.75. The predicted octanol–water partition coefficient (Wildman–Crippen LogP) is 2.94. The maximum absolute atomic E-state index is 12.4. The fraction of sp³-hybridized carbons (Fsp3) is 0.304. The zero-order chi connectivity index (χ0) is 24.0. The molecule has 3 rings (SSSR count). The Morgan fingerprint density at radius 2 is 1.82 bits per heavy atom. The Morgan fingerprint density at radius 3 is 2.52 bits per heavy atom. The number of hydrazine groups is 1. The minimum atomic E-state index is -0.578. The Hall–Kier alpha value is -3.53. The first-order valence-corrected chi connectivity index (χ1v) is 11.4. The van der Waals surface area contributed by atoms with Crippen molar-refractivity contribution in [1.29, 1.82) is 0 Å². The van der Waals surface area contributed by atoms with Gasteiger partial charge < -0.3 is 10.6 Å². The molecular formula is C23H28N6O3S. The van der Waals surface area contributed by atoms with Gasteiger partial charge in [-0.3, -0.25) is 20.4 Å². The number of amides is 2. The van der Waals surface area contributed by atoms with Crippen molar-refractivity contribution < 1.29 is 14.3 Å². The number of nitrogens with one attached hydrogen (secondary N) is 2. The molecule has 2 amide bonds. The summed E-state index contributed by atoms with van der Waals surface area (Å²) in [5, 5.41) is 7.95. The van der Waals surface area contributed by atoms with Gasteiger partial charge in [0.05, 0.1) is 5.25 Å². The van der Waals surface area contributed by atoms with Gasteiger partial charge in [0.25, 0.3) is 11.8 Å². The molecule has 2 aromatic carbocycles. The maximum atomic E-state index is 12.4. The van der Waals surface area contributed by atoms with Crippen LogP contribution in [-0.4, -0.2) is 31.9 Å². The van der Waals surface area contributed by atoms with E-state index in [2.05, 4.69) is 47.0 Å². The standard InChI is InChI=1S/C23H28N6O3S/c1-14(2)18-11-10-15(3)12-19(18)32-13-20-25-28-23(29(20)24)33-16(4)21(30)26-27-22(31)17-8-6-5-7-9-17/h5-12,14,16H,13,24H2,1-4H3,(H,26,30)(H,27,31). The lowest BCUT2D eigenvalue weighted by Gasteiger charge is -2.15. The van der Waals surface area contributed by atoms with E-state index in [9.17, 15) is 9.59 Å². The van der Waals surface area contributed by atoms with E-state index in [1.807, 2.05) is 13.0 Å². The molecule has 0 aliphatic heterocycles. The highest BCUT2D eigenvalue weighted by Gasteiger charge is 2.20. The SMILES string of the molecule is Cc1ccc(C(C)C)c(OCc2nnc(SC(C)C(=O)NNC(=O)c3ccccc3)n2N)c1. The molecule has 0 spiro atoms. The van der Waals surface area contributed by atoms with Crippen molar-refractivity contribution in [3.05, 3.63) is 71.0 Å². The highest BCUT2D eigenvalue weighted by Crippen LogP contribution is 2.28. The number of aryl methyl sites for hydroxylation is 1. The highest BCUT2D eigenvalue weighted by molar-refractivity contribution is 8.00. The molecule has 0 bridgehead atoms. The van der Waals surface area contributed by atoms with Crippen LogP contribution in [0.1, 0.15) is 54.0 Å². The minimum absolute atomic E-state index is 0.140. The van der Waals surface area contributed by atoms with Gasteiger partial charge in [-0.1, -0.05) is 55.9 Å². The Balaban J connectivity index is 1.56. The molecule has 1 aromatic heterocycles. The minimum Gasteiger partial charge on any atom is -0.485 e. The third kappa shape index (κ3) is 6.26. The van der Waals surface area contributed by atoms with Crippen molar-refractivity contribution >= 4 is 23.6 Å². The van der Waals surface area contributed by atoms with E-state index in [0.29, 0.717) is 22.5 Å². The lowest BCUT2D eigenvalue weighted by molar-refractivity contribution is -0.121. The number of hydrogen-bond acceptors (Lipinski definition) is 7. The van der Waals surface area contributed by atoms with Crippen LogP contribution >= 0.6 is 11.8 Å². The Kier molecular flexibility index (Phi) is 7.94. The number of thioether (sulfide) groups is 1. The van der Waals surface area contributed by atoms with Gasteiger partial charge in [0.2, 0.25) is 5.16 Å². The van der Waals surface area contributed by atoms with Gasteiger partial charge in [-0.2, -0.15) is 0 Å². The van der Waals surface area contributed by atoms with Crippen molar-refractivity contribution in [2.45, 2.75) is 50.6 Å². The summed E-state index contributed by atoms with van der Waals surface area (Å²) in [7, 11) is 0. The van der Waals surface area contributed by atoms with Crippen molar-refractivity contribution in [3.63, 3.8) is 0 Å². The van der Waals surface area contributed by atoms with Crippen molar-refractivity contribution in [2.75, 3.05) is 5.84 Å². The average molecular weight is 469 g/mol. The third-order valence-corrected chi connectivity index (χ3v) is 5.93. The summed E-state index contributed by atoms with van der Waals surface area (Å²) in [5.41, 5.74) is 7.45. The molecule has 0 radical (unpaired) electrons. The molecule has 33 heavy (non-hydrogen) atoms. The summed E-state index contributed by atoms with van der Waals surface area (Å²) >= 11 is 1.12.